The van der Waals surface area contributed by atoms with Crippen LogP contribution in [0.1, 0.15) is 27.9 Å². The monoisotopic (exact) mass is 409 g/mol. The number of hydrogen-bond donors (Lipinski definition) is 5. The molecule has 1 aromatic carbocycles. The number of imidazole rings is 1. The van der Waals surface area contributed by atoms with E-state index in [1.165, 1.54) is 6.20 Å². The normalized spacial score (nSPS) is 17.9. The van der Waals surface area contributed by atoms with E-state index in [0.717, 1.165) is 5.56 Å². The zero-order valence-electron chi connectivity index (χ0n) is 16.2. The molecule has 1 amide bonds. The van der Waals surface area contributed by atoms with Gasteiger partial charge in [0, 0.05) is 6.54 Å². The highest BCUT2D eigenvalue weighted by atomic mass is 16.5. The van der Waals surface area contributed by atoms with Crippen LogP contribution in [0.4, 0.5) is 0 Å². The van der Waals surface area contributed by atoms with Gasteiger partial charge in [-0.2, -0.15) is 0 Å². The molecule has 3 heterocycles. The van der Waals surface area contributed by atoms with E-state index < -0.39 is 6.10 Å². The molecule has 9 nitrogen and oxygen atoms in total. The molecule has 30 heavy (non-hydrogen) atoms. The third-order valence-electron chi connectivity index (χ3n) is 4.66. The van der Waals surface area contributed by atoms with Gasteiger partial charge in [0.05, 0.1) is 18.8 Å². The van der Waals surface area contributed by atoms with E-state index in [4.69, 9.17) is 9.84 Å². The number of rotatable bonds is 7. The van der Waals surface area contributed by atoms with Gasteiger partial charge < -0.3 is 31.0 Å². The number of aliphatic hydroxyl groups excluding tert-OH is 2. The Morgan fingerprint density at radius 2 is 2.33 bits per heavy atom. The standard InChI is InChI=1S/C21H23N5O4/c27-12-15(28)13-30-16-5-3-4-14(10-16)17-7-8-20-23-11-18(26(20)25-17)21(29)24-19-6-1-2-9-22-19/h1-8,10-11,15,17,22,25,27-28H,9,12-13H2,(H,24,29). The number of dihydropyridines is 1. The van der Waals surface area contributed by atoms with Crippen molar-refractivity contribution >= 4 is 12.0 Å². The topological polar surface area (TPSA) is 121 Å². The molecule has 0 spiro atoms. The Morgan fingerprint density at radius 3 is 3.13 bits per heavy atom. The lowest BCUT2D eigenvalue weighted by atomic mass is 10.1. The Labute approximate surface area is 173 Å². The number of aromatic nitrogens is 2. The molecule has 2 atom stereocenters. The lowest BCUT2D eigenvalue weighted by Gasteiger charge is -2.24. The maximum absolute atomic E-state index is 12.7. The first-order valence-electron chi connectivity index (χ1n) is 9.60. The van der Waals surface area contributed by atoms with Crippen molar-refractivity contribution in [2.45, 2.75) is 12.1 Å². The zero-order valence-corrected chi connectivity index (χ0v) is 16.2. The van der Waals surface area contributed by atoms with Crippen molar-refractivity contribution in [3.05, 3.63) is 77.7 Å². The number of hydrogen-bond acceptors (Lipinski definition) is 7. The van der Waals surface area contributed by atoms with Crippen molar-refractivity contribution < 1.29 is 19.7 Å². The van der Waals surface area contributed by atoms with E-state index in [2.05, 4.69) is 21.0 Å². The van der Waals surface area contributed by atoms with Crippen LogP contribution in [0.25, 0.3) is 6.08 Å². The van der Waals surface area contributed by atoms with Gasteiger partial charge in [-0.3, -0.25) is 4.79 Å². The predicted molar refractivity (Wildman–Crippen MR) is 111 cm³/mol. The van der Waals surface area contributed by atoms with Crippen molar-refractivity contribution in [1.82, 2.24) is 20.3 Å². The Hall–Kier alpha value is -3.56. The first kappa shape index (κ1) is 19.7. The van der Waals surface area contributed by atoms with E-state index in [1.807, 2.05) is 42.5 Å². The fraction of sp³-hybridized carbons (Fsp3) is 0.238. The molecule has 9 heteroatoms. The second-order valence-corrected chi connectivity index (χ2v) is 6.87. The highest BCUT2D eigenvalue weighted by Crippen LogP contribution is 2.25. The van der Waals surface area contributed by atoms with E-state index in [0.29, 0.717) is 29.6 Å². The number of allylic oxidation sites excluding steroid dienone is 2. The van der Waals surface area contributed by atoms with Crippen LogP contribution in [0.5, 0.6) is 5.75 Å². The number of carbonyl (C=O) groups excluding carboxylic acids is 1. The number of aliphatic hydroxyl groups is 2. The summed E-state index contributed by atoms with van der Waals surface area (Å²) < 4.78 is 7.18. The van der Waals surface area contributed by atoms with Gasteiger partial charge >= 0.3 is 0 Å². The SMILES string of the molecule is O=C(NC1=CC=CCN1)c1cnc2n1NC(c1cccc(OCC(O)CO)c1)C=C2. The molecular weight excluding hydrogens is 386 g/mol. The van der Waals surface area contributed by atoms with E-state index >= 15 is 0 Å². The number of ether oxygens (including phenoxy) is 1. The third-order valence-corrected chi connectivity index (χ3v) is 4.66. The fourth-order valence-electron chi connectivity index (χ4n) is 3.10. The summed E-state index contributed by atoms with van der Waals surface area (Å²) in [6.07, 6.45) is 10.0. The largest absolute Gasteiger partial charge is 0.491 e. The quantitative estimate of drug-likeness (QED) is 0.456. The van der Waals surface area contributed by atoms with Crippen molar-refractivity contribution in [1.29, 1.82) is 0 Å². The summed E-state index contributed by atoms with van der Waals surface area (Å²) in [4.78, 5) is 17.0. The molecule has 2 aliphatic rings. The predicted octanol–water partition coefficient (Wildman–Crippen LogP) is 0.657. The van der Waals surface area contributed by atoms with Gasteiger partial charge in [0.25, 0.3) is 5.91 Å². The van der Waals surface area contributed by atoms with E-state index in [9.17, 15) is 9.90 Å². The Kier molecular flexibility index (Phi) is 5.82. The molecule has 2 aromatic rings. The lowest BCUT2D eigenvalue weighted by Crippen LogP contribution is -2.35. The van der Waals surface area contributed by atoms with Gasteiger partial charge in [0.15, 0.2) is 5.82 Å². The molecule has 0 bridgehead atoms. The molecule has 0 fully saturated rings. The number of amides is 1. The molecule has 0 saturated carbocycles. The molecule has 0 radical (unpaired) electrons. The molecular formula is C21H23N5O4. The van der Waals surface area contributed by atoms with E-state index in [1.54, 1.807) is 16.8 Å². The molecule has 1 aromatic heterocycles. The minimum atomic E-state index is -0.930. The summed E-state index contributed by atoms with van der Waals surface area (Å²) in [6.45, 7) is 0.306. The molecule has 5 N–H and O–H groups in total. The Balaban J connectivity index is 1.48. The third kappa shape index (κ3) is 4.37. The van der Waals surface area contributed by atoms with Crippen LogP contribution in [-0.4, -0.2) is 51.6 Å². The smallest absolute Gasteiger partial charge is 0.277 e. The summed E-state index contributed by atoms with van der Waals surface area (Å²) >= 11 is 0. The second kappa shape index (κ2) is 8.85. The summed E-state index contributed by atoms with van der Waals surface area (Å²) in [5, 5.41) is 24.3. The van der Waals surface area contributed by atoms with Gasteiger partial charge in [-0.25, -0.2) is 9.66 Å². The van der Waals surface area contributed by atoms with Gasteiger partial charge in [0.2, 0.25) is 0 Å². The van der Waals surface area contributed by atoms with Crippen molar-refractivity contribution in [3.63, 3.8) is 0 Å². The average Bonchev–Trinajstić information content (AvgIpc) is 3.22. The Bertz CT molecular complexity index is 1010. The van der Waals surface area contributed by atoms with Crippen molar-refractivity contribution in [2.75, 3.05) is 25.2 Å². The van der Waals surface area contributed by atoms with Gasteiger partial charge in [-0.05, 0) is 29.8 Å². The van der Waals surface area contributed by atoms with Crippen LogP contribution in [0, 0.1) is 0 Å². The van der Waals surface area contributed by atoms with Crippen LogP contribution in [0.15, 0.2) is 60.6 Å². The lowest BCUT2D eigenvalue weighted by molar-refractivity contribution is 0.0536. The molecule has 2 unspecified atom stereocenters. The average molecular weight is 409 g/mol. The van der Waals surface area contributed by atoms with Crippen LogP contribution in [0.3, 0.4) is 0 Å². The number of nitrogens with one attached hydrogen (secondary N) is 3. The van der Waals surface area contributed by atoms with Gasteiger partial charge in [-0.1, -0.05) is 30.4 Å². The van der Waals surface area contributed by atoms with E-state index in [-0.39, 0.29) is 25.2 Å². The van der Waals surface area contributed by atoms with Crippen LogP contribution >= 0.6 is 0 Å². The molecule has 0 saturated heterocycles. The first-order valence-corrected chi connectivity index (χ1v) is 9.60. The number of fused-ring (bicyclic) bond motifs is 1. The molecule has 156 valence electrons. The fourth-order valence-corrected chi connectivity index (χ4v) is 3.10. The maximum atomic E-state index is 12.7. The van der Waals surface area contributed by atoms with Crippen LogP contribution < -0.4 is 20.8 Å². The number of benzene rings is 1. The van der Waals surface area contributed by atoms with Crippen LogP contribution in [0.2, 0.25) is 0 Å². The first-order chi connectivity index (χ1) is 14.6. The molecule has 2 aliphatic heterocycles. The van der Waals surface area contributed by atoms with Crippen LogP contribution in [-0.2, 0) is 0 Å². The number of nitrogens with zero attached hydrogens (tertiary/aromatic N) is 2. The van der Waals surface area contributed by atoms with Gasteiger partial charge in [-0.15, -0.1) is 0 Å². The second-order valence-electron chi connectivity index (χ2n) is 6.87. The minimum Gasteiger partial charge on any atom is -0.491 e. The highest BCUT2D eigenvalue weighted by Gasteiger charge is 2.22. The van der Waals surface area contributed by atoms with Crippen molar-refractivity contribution in [2.24, 2.45) is 0 Å². The maximum Gasteiger partial charge on any atom is 0.277 e. The highest BCUT2D eigenvalue weighted by molar-refractivity contribution is 5.94. The van der Waals surface area contributed by atoms with Crippen molar-refractivity contribution in [3.8, 4) is 5.75 Å². The minimum absolute atomic E-state index is 0.00293. The molecule has 0 aliphatic carbocycles. The van der Waals surface area contributed by atoms with Gasteiger partial charge in [0.1, 0.15) is 30.0 Å². The summed E-state index contributed by atoms with van der Waals surface area (Å²) in [5.74, 6) is 1.56. The molecule has 4 rings (SSSR count). The summed E-state index contributed by atoms with van der Waals surface area (Å²) in [7, 11) is 0. The summed E-state index contributed by atoms with van der Waals surface area (Å²) in [6, 6.07) is 7.19. The number of carbonyl (C=O) groups is 1. The summed E-state index contributed by atoms with van der Waals surface area (Å²) in [5.41, 5.74) is 4.59. The Morgan fingerprint density at radius 1 is 1.43 bits per heavy atom. The zero-order chi connectivity index (χ0) is 20.9.